The Morgan fingerprint density at radius 1 is 1.00 bits per heavy atom. The predicted octanol–water partition coefficient (Wildman–Crippen LogP) is 2.94. The summed E-state index contributed by atoms with van der Waals surface area (Å²) in [6.45, 7) is 0.558. The number of fused-ring (bicyclic) bond motifs is 1. The van der Waals surface area contributed by atoms with E-state index in [1.165, 1.54) is 0 Å². The lowest BCUT2D eigenvalue weighted by Crippen LogP contribution is -2.36. The molecule has 4 rings (SSSR count). The van der Waals surface area contributed by atoms with Crippen LogP contribution in [-0.4, -0.2) is 22.2 Å². The molecule has 1 unspecified atom stereocenters. The molecule has 132 valence electrons. The van der Waals surface area contributed by atoms with E-state index in [4.69, 9.17) is 0 Å². The van der Waals surface area contributed by atoms with Gasteiger partial charge in [-0.2, -0.15) is 0 Å². The van der Waals surface area contributed by atoms with Gasteiger partial charge in [0.2, 0.25) is 6.29 Å². The number of aldehydes is 1. The molecule has 2 aromatic heterocycles. The van der Waals surface area contributed by atoms with Crippen LogP contribution in [0.25, 0.3) is 5.70 Å². The van der Waals surface area contributed by atoms with Crippen LogP contribution in [0.4, 0.5) is 11.4 Å². The molecule has 0 saturated heterocycles. The zero-order valence-electron chi connectivity index (χ0n) is 14.4. The highest BCUT2D eigenvalue weighted by atomic mass is 16.2. The van der Waals surface area contributed by atoms with Crippen LogP contribution >= 0.6 is 0 Å². The predicted molar refractivity (Wildman–Crippen MR) is 102 cm³/mol. The first-order valence-corrected chi connectivity index (χ1v) is 8.50. The first kappa shape index (κ1) is 16.8. The molecule has 1 aromatic carbocycles. The van der Waals surface area contributed by atoms with Crippen LogP contribution in [0.5, 0.6) is 0 Å². The van der Waals surface area contributed by atoms with E-state index in [0.717, 1.165) is 22.6 Å². The Hall–Kier alpha value is -3.64. The van der Waals surface area contributed by atoms with Crippen molar-refractivity contribution in [3.63, 3.8) is 0 Å². The van der Waals surface area contributed by atoms with Crippen molar-refractivity contribution >= 4 is 29.3 Å². The highest BCUT2D eigenvalue weighted by molar-refractivity contribution is 6.26. The minimum atomic E-state index is -0.677. The van der Waals surface area contributed by atoms with Crippen molar-refractivity contribution < 1.29 is 9.59 Å². The van der Waals surface area contributed by atoms with Gasteiger partial charge >= 0.3 is 0 Å². The van der Waals surface area contributed by atoms with Crippen LogP contribution in [0.1, 0.15) is 11.3 Å². The number of hydrogen-bond acceptors (Lipinski definition) is 4. The number of quaternary nitrogens is 1. The average molecular weight is 357 g/mol. The number of para-hydroxylation sites is 1. The molecule has 6 nitrogen and oxygen atoms in total. The third kappa shape index (κ3) is 3.02. The molecular weight excluding hydrogens is 340 g/mol. The van der Waals surface area contributed by atoms with Crippen LogP contribution in [0.2, 0.25) is 0 Å². The molecule has 1 atom stereocenters. The lowest BCUT2D eigenvalue weighted by Gasteiger charge is -2.31. The summed E-state index contributed by atoms with van der Waals surface area (Å²) >= 11 is 0. The Morgan fingerprint density at radius 2 is 1.78 bits per heavy atom. The van der Waals surface area contributed by atoms with Crippen LogP contribution in [0.15, 0.2) is 79.4 Å². The Bertz CT molecular complexity index is 1020. The Labute approximate surface area is 156 Å². The molecule has 0 aliphatic carbocycles. The molecule has 6 heteroatoms. The zero-order chi connectivity index (χ0) is 18.7. The Kier molecular flexibility index (Phi) is 4.32. The van der Waals surface area contributed by atoms with E-state index in [-0.39, 0.29) is 6.29 Å². The first-order valence-electron chi connectivity index (χ1n) is 8.50. The minimum Gasteiger partial charge on any atom is -0.315 e. The average Bonchev–Trinajstić information content (AvgIpc) is 3.04. The van der Waals surface area contributed by atoms with Crippen LogP contribution in [0.3, 0.4) is 0 Å². The second-order valence-electron chi connectivity index (χ2n) is 6.22. The number of hydrogen-bond donors (Lipinski definition) is 1. The van der Waals surface area contributed by atoms with Crippen molar-refractivity contribution in [3.8, 4) is 0 Å². The van der Waals surface area contributed by atoms with Crippen molar-refractivity contribution in [1.29, 1.82) is 0 Å². The number of carbonyl (C=O) groups is 2. The van der Waals surface area contributed by atoms with Gasteiger partial charge in [-0.25, -0.2) is 4.48 Å². The lowest BCUT2D eigenvalue weighted by molar-refractivity contribution is -0.130. The monoisotopic (exact) mass is 357 g/mol. The number of benzene rings is 1. The highest BCUT2D eigenvalue weighted by Gasteiger charge is 2.41. The van der Waals surface area contributed by atoms with E-state index in [1.807, 2.05) is 60.8 Å². The van der Waals surface area contributed by atoms with E-state index in [2.05, 4.69) is 15.3 Å². The normalized spacial score (nSPS) is 17.7. The number of rotatable bonds is 5. The quantitative estimate of drug-likeness (QED) is 0.433. The third-order valence-corrected chi connectivity index (χ3v) is 4.60. The number of amides is 1. The standard InChI is InChI=1S/C21H16N4O2/c26-15-21(27)24-19-14-25(17-8-11-22-12-9-17,13-16-5-3-4-10-23-16)20-7-2-1-6-18(19)20/h1-12,14-15H,13H2/p+1. The van der Waals surface area contributed by atoms with Gasteiger partial charge in [-0.3, -0.25) is 19.6 Å². The summed E-state index contributed by atoms with van der Waals surface area (Å²) in [5.41, 5.74) is 4.37. The van der Waals surface area contributed by atoms with Gasteiger partial charge in [0.1, 0.15) is 24.1 Å². The highest BCUT2D eigenvalue weighted by Crippen LogP contribution is 2.46. The molecule has 3 aromatic rings. The molecule has 0 fully saturated rings. The Balaban J connectivity index is 1.92. The van der Waals surface area contributed by atoms with Gasteiger partial charge < -0.3 is 5.32 Å². The van der Waals surface area contributed by atoms with Gasteiger partial charge in [0.25, 0.3) is 5.91 Å². The van der Waals surface area contributed by atoms with Crippen molar-refractivity contribution in [2.45, 2.75) is 6.54 Å². The molecule has 1 amide bonds. The van der Waals surface area contributed by atoms with Crippen molar-refractivity contribution in [1.82, 2.24) is 19.8 Å². The zero-order valence-corrected chi connectivity index (χ0v) is 14.4. The van der Waals surface area contributed by atoms with Gasteiger partial charge in [-0.05, 0) is 18.2 Å². The molecular formula is C21H17N4O2+. The van der Waals surface area contributed by atoms with Gasteiger partial charge in [0.15, 0.2) is 5.69 Å². The largest absolute Gasteiger partial charge is 0.315 e. The third-order valence-electron chi connectivity index (χ3n) is 4.60. The number of carbonyl (C=O) groups excluding carboxylic acids is 2. The van der Waals surface area contributed by atoms with E-state index < -0.39 is 5.91 Å². The van der Waals surface area contributed by atoms with E-state index >= 15 is 0 Å². The molecule has 1 N–H and O–H groups in total. The minimum absolute atomic E-state index is 0.279. The molecule has 0 spiro atoms. The maximum Gasteiger partial charge on any atom is 0.288 e. The van der Waals surface area contributed by atoms with Gasteiger partial charge in [-0.1, -0.05) is 18.2 Å². The number of aromatic nitrogens is 2. The van der Waals surface area contributed by atoms with Gasteiger partial charge in [0.05, 0.1) is 11.3 Å². The lowest BCUT2D eigenvalue weighted by atomic mass is 10.1. The number of pyridine rings is 2. The SMILES string of the molecule is O=CC(=O)NC1=C[N+](Cc2ccccn2)(c2ccncc2)c2ccccc21. The summed E-state index contributed by atoms with van der Waals surface area (Å²) in [6.07, 6.45) is 7.48. The summed E-state index contributed by atoms with van der Waals surface area (Å²) in [6, 6.07) is 17.5. The number of nitrogens with zero attached hydrogens (tertiary/aromatic N) is 3. The second-order valence-corrected chi connectivity index (χ2v) is 6.22. The summed E-state index contributed by atoms with van der Waals surface area (Å²) in [7, 11) is 0. The second kappa shape index (κ2) is 6.93. The molecule has 1 aliphatic heterocycles. The topological polar surface area (TPSA) is 72.0 Å². The fourth-order valence-corrected chi connectivity index (χ4v) is 3.46. The fourth-order valence-electron chi connectivity index (χ4n) is 3.46. The smallest absolute Gasteiger partial charge is 0.288 e. The summed E-state index contributed by atoms with van der Waals surface area (Å²) in [5.74, 6) is -0.677. The number of nitrogens with one attached hydrogen (secondary N) is 1. The van der Waals surface area contributed by atoms with E-state index in [1.54, 1.807) is 18.6 Å². The van der Waals surface area contributed by atoms with Crippen molar-refractivity contribution in [2.24, 2.45) is 0 Å². The van der Waals surface area contributed by atoms with E-state index in [0.29, 0.717) is 16.7 Å². The van der Waals surface area contributed by atoms with Crippen molar-refractivity contribution in [3.05, 3.63) is 90.6 Å². The molecule has 0 bridgehead atoms. The van der Waals surface area contributed by atoms with Crippen LogP contribution < -0.4 is 9.80 Å². The maximum absolute atomic E-state index is 11.7. The summed E-state index contributed by atoms with van der Waals surface area (Å²) in [5, 5.41) is 2.70. The maximum atomic E-state index is 11.7. The molecule has 0 saturated carbocycles. The van der Waals surface area contributed by atoms with Crippen LogP contribution in [0, 0.1) is 0 Å². The van der Waals surface area contributed by atoms with Gasteiger partial charge in [-0.15, -0.1) is 0 Å². The summed E-state index contributed by atoms with van der Waals surface area (Å²) in [4.78, 5) is 31.2. The first-order chi connectivity index (χ1) is 13.2. The molecule has 3 heterocycles. The molecule has 27 heavy (non-hydrogen) atoms. The fraction of sp³-hybridized carbons (Fsp3) is 0.0476. The van der Waals surface area contributed by atoms with E-state index in [9.17, 15) is 9.59 Å². The van der Waals surface area contributed by atoms with Gasteiger partial charge in [0, 0.05) is 36.8 Å². The molecule has 0 radical (unpaired) electrons. The van der Waals surface area contributed by atoms with Crippen LogP contribution in [-0.2, 0) is 16.1 Å². The Morgan fingerprint density at radius 3 is 2.52 bits per heavy atom. The molecule has 1 aliphatic rings. The summed E-state index contributed by atoms with van der Waals surface area (Å²) < 4.78 is 0.337. The van der Waals surface area contributed by atoms with Crippen molar-refractivity contribution in [2.75, 3.05) is 0 Å².